The van der Waals surface area contributed by atoms with Gasteiger partial charge < -0.3 is 5.11 Å². The molecule has 0 aromatic heterocycles. The van der Waals surface area contributed by atoms with Crippen LogP contribution >= 0.6 is 11.8 Å². The van der Waals surface area contributed by atoms with Crippen LogP contribution in [-0.4, -0.2) is 22.6 Å². The highest BCUT2D eigenvalue weighted by molar-refractivity contribution is 8.13. The monoisotopic (exact) mass is 316 g/mol. The fourth-order valence-corrected chi connectivity index (χ4v) is 3.13. The maximum Gasteiger partial charge on any atom is 0.189 e. The average Bonchev–Trinajstić information content (AvgIpc) is 2.49. The number of carbonyl (C=O) groups is 1. The highest BCUT2D eigenvalue weighted by atomic mass is 32.2. The first-order valence-electron chi connectivity index (χ1n) is 9.07. The molecule has 0 aliphatic heterocycles. The van der Waals surface area contributed by atoms with E-state index in [0.29, 0.717) is 12.2 Å². The molecule has 0 rings (SSSR count). The molecule has 0 saturated carbocycles. The normalized spacial score (nSPS) is 11.0. The van der Waals surface area contributed by atoms with Crippen molar-refractivity contribution in [3.05, 3.63) is 0 Å². The summed E-state index contributed by atoms with van der Waals surface area (Å²) in [6, 6.07) is 0. The zero-order chi connectivity index (χ0) is 15.6. The van der Waals surface area contributed by atoms with E-state index in [0.717, 1.165) is 6.42 Å². The molecule has 0 bridgehead atoms. The largest absolute Gasteiger partial charge is 0.396 e. The zero-order valence-corrected chi connectivity index (χ0v) is 14.9. The molecule has 0 aliphatic carbocycles. The number of hydrogen-bond acceptors (Lipinski definition) is 3. The van der Waals surface area contributed by atoms with Gasteiger partial charge in [0.15, 0.2) is 5.12 Å². The molecule has 2 nitrogen and oxygen atoms in total. The van der Waals surface area contributed by atoms with Crippen LogP contribution in [0.2, 0.25) is 0 Å². The topological polar surface area (TPSA) is 37.3 Å². The van der Waals surface area contributed by atoms with E-state index in [9.17, 15) is 4.79 Å². The lowest BCUT2D eigenvalue weighted by Gasteiger charge is -2.03. The average molecular weight is 317 g/mol. The Labute approximate surface area is 136 Å². The van der Waals surface area contributed by atoms with E-state index in [4.69, 9.17) is 5.11 Å². The Balaban J connectivity index is 3.04. The quantitative estimate of drug-likeness (QED) is 0.370. The van der Waals surface area contributed by atoms with E-state index >= 15 is 0 Å². The molecule has 0 saturated heterocycles. The minimum absolute atomic E-state index is 0.106. The molecular formula is C18H36O2S. The molecule has 0 spiro atoms. The molecule has 0 aromatic carbocycles. The van der Waals surface area contributed by atoms with Crippen LogP contribution in [0.5, 0.6) is 0 Å². The molecule has 0 unspecified atom stereocenters. The summed E-state index contributed by atoms with van der Waals surface area (Å²) in [6.45, 7) is 2.37. The standard InChI is InChI=1S/C18H36O2S/c1-2-3-4-5-6-7-8-9-10-11-12-13-14-15-18(20)21-17-16-19/h19H,2-17H2,1H3. The van der Waals surface area contributed by atoms with Gasteiger partial charge in [-0.2, -0.15) is 0 Å². The van der Waals surface area contributed by atoms with Gasteiger partial charge in [0.25, 0.3) is 0 Å². The summed E-state index contributed by atoms with van der Waals surface area (Å²) in [4.78, 5) is 11.4. The zero-order valence-electron chi connectivity index (χ0n) is 14.1. The Kier molecular flexibility index (Phi) is 18.0. The SMILES string of the molecule is CCCCCCCCCCCCCCCC(=O)SCCO. The number of aliphatic hydroxyl groups is 1. The van der Waals surface area contributed by atoms with Crippen LogP contribution in [0.3, 0.4) is 0 Å². The van der Waals surface area contributed by atoms with Crippen LogP contribution in [0.15, 0.2) is 0 Å². The third-order valence-electron chi connectivity index (χ3n) is 3.84. The van der Waals surface area contributed by atoms with Gasteiger partial charge in [0.1, 0.15) is 0 Å². The van der Waals surface area contributed by atoms with Crippen LogP contribution in [0.4, 0.5) is 0 Å². The number of aliphatic hydroxyl groups excluding tert-OH is 1. The lowest BCUT2D eigenvalue weighted by atomic mass is 10.0. The number of hydrogen-bond donors (Lipinski definition) is 1. The van der Waals surface area contributed by atoms with Crippen LogP contribution in [0.25, 0.3) is 0 Å². The Morgan fingerprint density at radius 3 is 1.62 bits per heavy atom. The second-order valence-electron chi connectivity index (χ2n) is 5.94. The van der Waals surface area contributed by atoms with Crippen molar-refractivity contribution in [3.8, 4) is 0 Å². The van der Waals surface area contributed by atoms with Crippen molar-refractivity contribution in [1.29, 1.82) is 0 Å². The van der Waals surface area contributed by atoms with Crippen LogP contribution in [0.1, 0.15) is 96.8 Å². The Bertz CT molecular complexity index is 219. The van der Waals surface area contributed by atoms with E-state index in [1.807, 2.05) is 0 Å². The fraction of sp³-hybridized carbons (Fsp3) is 0.944. The van der Waals surface area contributed by atoms with Gasteiger partial charge in [0, 0.05) is 12.2 Å². The van der Waals surface area contributed by atoms with Crippen molar-refractivity contribution in [2.75, 3.05) is 12.4 Å². The molecule has 0 aliphatic rings. The van der Waals surface area contributed by atoms with Gasteiger partial charge in [-0.05, 0) is 6.42 Å². The summed E-state index contributed by atoms with van der Waals surface area (Å²) in [6.07, 6.45) is 18.1. The van der Waals surface area contributed by atoms with Crippen molar-refractivity contribution < 1.29 is 9.90 Å². The van der Waals surface area contributed by atoms with Crippen molar-refractivity contribution in [2.45, 2.75) is 96.8 Å². The van der Waals surface area contributed by atoms with E-state index in [1.54, 1.807) is 0 Å². The second-order valence-corrected chi connectivity index (χ2v) is 7.09. The van der Waals surface area contributed by atoms with E-state index in [-0.39, 0.29) is 11.7 Å². The Hall–Kier alpha value is -0.0200. The summed E-state index contributed by atoms with van der Waals surface area (Å²) in [5.41, 5.74) is 0. The molecule has 126 valence electrons. The molecule has 3 heteroatoms. The van der Waals surface area contributed by atoms with Gasteiger partial charge in [-0.3, -0.25) is 4.79 Å². The van der Waals surface area contributed by atoms with Gasteiger partial charge >= 0.3 is 0 Å². The molecule has 0 aromatic rings. The predicted octanol–water partition coefficient (Wildman–Crippen LogP) is 5.72. The van der Waals surface area contributed by atoms with E-state index in [1.165, 1.54) is 88.8 Å². The van der Waals surface area contributed by atoms with Gasteiger partial charge in [-0.25, -0.2) is 0 Å². The third-order valence-corrected chi connectivity index (χ3v) is 4.75. The smallest absolute Gasteiger partial charge is 0.189 e. The summed E-state index contributed by atoms with van der Waals surface area (Å²) >= 11 is 1.27. The molecular weight excluding hydrogens is 280 g/mol. The molecule has 0 amide bonds. The molecule has 0 heterocycles. The Morgan fingerprint density at radius 2 is 1.19 bits per heavy atom. The molecule has 0 atom stereocenters. The van der Waals surface area contributed by atoms with Crippen molar-refractivity contribution in [1.82, 2.24) is 0 Å². The van der Waals surface area contributed by atoms with Crippen LogP contribution < -0.4 is 0 Å². The summed E-state index contributed by atoms with van der Waals surface area (Å²) < 4.78 is 0. The van der Waals surface area contributed by atoms with Crippen LogP contribution in [0, 0.1) is 0 Å². The number of carbonyl (C=O) groups excluding carboxylic acids is 1. The second kappa shape index (κ2) is 18.0. The highest BCUT2D eigenvalue weighted by Crippen LogP contribution is 2.14. The lowest BCUT2D eigenvalue weighted by Crippen LogP contribution is -1.96. The first kappa shape index (κ1) is 21.0. The molecule has 21 heavy (non-hydrogen) atoms. The molecule has 0 radical (unpaired) electrons. The summed E-state index contributed by atoms with van der Waals surface area (Å²) in [5.74, 6) is 0.553. The number of thioether (sulfide) groups is 1. The molecule has 0 fully saturated rings. The van der Waals surface area contributed by atoms with E-state index in [2.05, 4.69) is 6.92 Å². The predicted molar refractivity (Wildman–Crippen MR) is 94.9 cm³/mol. The van der Waals surface area contributed by atoms with Crippen molar-refractivity contribution in [3.63, 3.8) is 0 Å². The van der Waals surface area contributed by atoms with Gasteiger partial charge in [-0.15, -0.1) is 0 Å². The summed E-state index contributed by atoms with van der Waals surface area (Å²) in [5, 5.41) is 8.87. The number of unbranched alkanes of at least 4 members (excludes halogenated alkanes) is 12. The Morgan fingerprint density at radius 1 is 0.762 bits per heavy atom. The van der Waals surface area contributed by atoms with Gasteiger partial charge in [-0.1, -0.05) is 95.7 Å². The minimum Gasteiger partial charge on any atom is -0.396 e. The minimum atomic E-state index is 0.106. The summed E-state index contributed by atoms with van der Waals surface area (Å²) in [7, 11) is 0. The first-order chi connectivity index (χ1) is 10.3. The van der Waals surface area contributed by atoms with Crippen molar-refractivity contribution >= 4 is 16.9 Å². The molecule has 1 N–H and O–H groups in total. The lowest BCUT2D eigenvalue weighted by molar-refractivity contribution is -0.111. The van der Waals surface area contributed by atoms with Crippen LogP contribution in [-0.2, 0) is 4.79 Å². The third kappa shape index (κ3) is 17.9. The maximum atomic E-state index is 11.4. The van der Waals surface area contributed by atoms with Gasteiger partial charge in [0.05, 0.1) is 6.61 Å². The van der Waals surface area contributed by atoms with Crippen molar-refractivity contribution in [2.24, 2.45) is 0 Å². The fourth-order valence-electron chi connectivity index (χ4n) is 2.52. The first-order valence-corrected chi connectivity index (χ1v) is 10.1. The number of rotatable bonds is 16. The van der Waals surface area contributed by atoms with E-state index < -0.39 is 0 Å². The van der Waals surface area contributed by atoms with Gasteiger partial charge in [0.2, 0.25) is 0 Å². The highest BCUT2D eigenvalue weighted by Gasteiger charge is 2.01. The maximum absolute atomic E-state index is 11.4.